The maximum atomic E-state index is 11.7. The van der Waals surface area contributed by atoms with E-state index in [4.69, 9.17) is 4.74 Å². The van der Waals surface area contributed by atoms with Crippen molar-refractivity contribution in [3.8, 4) is 0 Å². The second-order valence-electron chi connectivity index (χ2n) is 4.08. The quantitative estimate of drug-likeness (QED) is 0.752. The van der Waals surface area contributed by atoms with Crippen LogP contribution in [0.5, 0.6) is 0 Å². The molecule has 4 nitrogen and oxygen atoms in total. The molecule has 0 spiro atoms. The van der Waals surface area contributed by atoms with Crippen LogP contribution in [0.3, 0.4) is 0 Å². The molecule has 0 aliphatic carbocycles. The van der Waals surface area contributed by atoms with Crippen LogP contribution in [-0.2, 0) is 14.6 Å². The van der Waals surface area contributed by atoms with Gasteiger partial charge >= 0.3 is 0 Å². The van der Waals surface area contributed by atoms with Gasteiger partial charge in [0.2, 0.25) is 0 Å². The number of hydrogen-bond acceptors (Lipinski definition) is 4. The van der Waals surface area contributed by atoms with Gasteiger partial charge in [-0.05, 0) is 26.0 Å². The molecule has 1 aromatic carbocycles. The standard InChI is InChI=1S/C12H16O4S/c1-9(2)16-8-12(13)10-5-4-6-11(7-10)17(3,14)15/h4-7,9H,8H2,1-3H3. The predicted octanol–water partition coefficient (Wildman–Crippen LogP) is 1.70. The monoisotopic (exact) mass is 256 g/mol. The highest BCUT2D eigenvalue weighted by molar-refractivity contribution is 7.90. The first-order valence-corrected chi connectivity index (χ1v) is 7.15. The highest BCUT2D eigenvalue weighted by Crippen LogP contribution is 2.12. The lowest BCUT2D eigenvalue weighted by molar-refractivity contribution is 0.0584. The van der Waals surface area contributed by atoms with Crippen LogP contribution >= 0.6 is 0 Å². The zero-order chi connectivity index (χ0) is 13.1. The zero-order valence-electron chi connectivity index (χ0n) is 10.1. The number of hydrogen-bond donors (Lipinski definition) is 0. The fraction of sp³-hybridized carbons (Fsp3) is 0.417. The summed E-state index contributed by atoms with van der Waals surface area (Å²) < 4.78 is 27.8. The van der Waals surface area contributed by atoms with Crippen molar-refractivity contribution in [3.63, 3.8) is 0 Å². The van der Waals surface area contributed by atoms with Gasteiger partial charge in [0.1, 0.15) is 6.61 Å². The third-order valence-electron chi connectivity index (χ3n) is 2.13. The lowest BCUT2D eigenvalue weighted by atomic mass is 10.1. The first-order chi connectivity index (χ1) is 7.80. The molecule has 1 aromatic rings. The number of ketones is 1. The van der Waals surface area contributed by atoms with Gasteiger partial charge in [-0.25, -0.2) is 8.42 Å². The van der Waals surface area contributed by atoms with Crippen molar-refractivity contribution >= 4 is 15.6 Å². The molecule has 0 bridgehead atoms. The normalized spacial score (nSPS) is 11.8. The molecule has 0 heterocycles. The molecule has 0 saturated heterocycles. The average molecular weight is 256 g/mol. The minimum absolute atomic E-state index is 0.0305. The Bertz CT molecular complexity index is 503. The van der Waals surface area contributed by atoms with Crippen molar-refractivity contribution < 1.29 is 17.9 Å². The van der Waals surface area contributed by atoms with Gasteiger partial charge in [0.15, 0.2) is 15.6 Å². The van der Waals surface area contributed by atoms with E-state index in [1.54, 1.807) is 12.1 Å². The van der Waals surface area contributed by atoms with E-state index in [1.165, 1.54) is 12.1 Å². The van der Waals surface area contributed by atoms with Crippen LogP contribution in [0.2, 0.25) is 0 Å². The van der Waals surface area contributed by atoms with Crippen LogP contribution in [0.15, 0.2) is 29.2 Å². The largest absolute Gasteiger partial charge is 0.371 e. The van der Waals surface area contributed by atoms with Crippen LogP contribution < -0.4 is 0 Å². The molecule has 0 N–H and O–H groups in total. The maximum Gasteiger partial charge on any atom is 0.188 e. The van der Waals surface area contributed by atoms with E-state index in [9.17, 15) is 13.2 Å². The van der Waals surface area contributed by atoms with Crippen molar-refractivity contribution in [1.82, 2.24) is 0 Å². The Labute approximate surface area is 102 Å². The number of ether oxygens (including phenoxy) is 1. The molecule has 0 unspecified atom stereocenters. The van der Waals surface area contributed by atoms with Gasteiger partial charge < -0.3 is 4.74 Å². The topological polar surface area (TPSA) is 60.4 Å². The van der Waals surface area contributed by atoms with Gasteiger partial charge in [0.05, 0.1) is 11.0 Å². The molecule has 5 heteroatoms. The Hall–Kier alpha value is -1.20. The van der Waals surface area contributed by atoms with E-state index < -0.39 is 9.84 Å². The minimum Gasteiger partial charge on any atom is -0.371 e. The summed E-state index contributed by atoms with van der Waals surface area (Å²) in [6.07, 6.45) is 1.08. The van der Waals surface area contributed by atoms with E-state index >= 15 is 0 Å². The fourth-order valence-corrected chi connectivity index (χ4v) is 1.89. The summed E-state index contributed by atoms with van der Waals surface area (Å²) in [6, 6.07) is 5.98. The summed E-state index contributed by atoms with van der Waals surface area (Å²) in [5, 5.41) is 0. The number of rotatable bonds is 5. The minimum atomic E-state index is -3.28. The summed E-state index contributed by atoms with van der Waals surface area (Å²) in [6.45, 7) is 3.63. The summed E-state index contributed by atoms with van der Waals surface area (Å²) >= 11 is 0. The van der Waals surface area contributed by atoms with Crippen molar-refractivity contribution in [2.75, 3.05) is 12.9 Å². The molecule has 0 aliphatic heterocycles. The van der Waals surface area contributed by atoms with E-state index in [0.717, 1.165) is 6.26 Å². The molecule has 17 heavy (non-hydrogen) atoms. The van der Waals surface area contributed by atoms with Crippen LogP contribution in [-0.4, -0.2) is 33.2 Å². The van der Waals surface area contributed by atoms with E-state index in [2.05, 4.69) is 0 Å². The van der Waals surface area contributed by atoms with Crippen LogP contribution in [0.25, 0.3) is 0 Å². The number of carbonyl (C=O) groups is 1. The molecule has 94 valence electrons. The van der Waals surface area contributed by atoms with Gasteiger partial charge in [-0.2, -0.15) is 0 Å². The first kappa shape index (κ1) is 13.9. The average Bonchev–Trinajstić information content (AvgIpc) is 2.25. The molecule has 1 rings (SSSR count). The third kappa shape index (κ3) is 4.28. The molecular formula is C12H16O4S. The molecular weight excluding hydrogens is 240 g/mol. The lowest BCUT2D eigenvalue weighted by Crippen LogP contribution is -2.13. The highest BCUT2D eigenvalue weighted by Gasteiger charge is 2.12. The molecule has 0 radical (unpaired) electrons. The summed E-state index contributed by atoms with van der Waals surface area (Å²) in [7, 11) is -3.28. The second kappa shape index (κ2) is 5.42. The second-order valence-corrected chi connectivity index (χ2v) is 6.10. The molecule has 0 atom stereocenters. The number of carbonyl (C=O) groups excluding carboxylic acids is 1. The van der Waals surface area contributed by atoms with E-state index in [1.807, 2.05) is 13.8 Å². The van der Waals surface area contributed by atoms with Crippen LogP contribution in [0, 0.1) is 0 Å². The van der Waals surface area contributed by atoms with E-state index in [0.29, 0.717) is 5.56 Å². The highest BCUT2D eigenvalue weighted by atomic mass is 32.2. The molecule has 0 amide bonds. The smallest absolute Gasteiger partial charge is 0.188 e. The summed E-state index contributed by atoms with van der Waals surface area (Å²) in [4.78, 5) is 11.9. The molecule has 0 fully saturated rings. The van der Waals surface area contributed by atoms with E-state index in [-0.39, 0.29) is 23.4 Å². The van der Waals surface area contributed by atoms with Gasteiger partial charge in [-0.15, -0.1) is 0 Å². The number of Topliss-reactive ketones (excluding diaryl/α,β-unsaturated/α-hetero) is 1. The molecule has 0 aliphatic rings. The first-order valence-electron chi connectivity index (χ1n) is 5.25. The Balaban J connectivity index is 2.89. The maximum absolute atomic E-state index is 11.7. The summed E-state index contributed by atoms with van der Waals surface area (Å²) in [5.74, 6) is -0.218. The summed E-state index contributed by atoms with van der Waals surface area (Å²) in [5.41, 5.74) is 0.355. The predicted molar refractivity (Wildman–Crippen MR) is 65.0 cm³/mol. The van der Waals surface area contributed by atoms with Crippen molar-refractivity contribution in [2.45, 2.75) is 24.8 Å². The van der Waals surface area contributed by atoms with Crippen LogP contribution in [0.4, 0.5) is 0 Å². The Morgan fingerprint density at radius 3 is 2.53 bits per heavy atom. The Morgan fingerprint density at radius 2 is 2.00 bits per heavy atom. The third-order valence-corrected chi connectivity index (χ3v) is 3.24. The van der Waals surface area contributed by atoms with Crippen molar-refractivity contribution in [2.24, 2.45) is 0 Å². The van der Waals surface area contributed by atoms with Crippen LogP contribution in [0.1, 0.15) is 24.2 Å². The Kier molecular flexibility index (Phi) is 4.42. The fourth-order valence-electron chi connectivity index (χ4n) is 1.23. The number of sulfone groups is 1. The van der Waals surface area contributed by atoms with Gasteiger partial charge in [-0.3, -0.25) is 4.79 Å². The van der Waals surface area contributed by atoms with Gasteiger partial charge in [0.25, 0.3) is 0 Å². The SMILES string of the molecule is CC(C)OCC(=O)c1cccc(S(C)(=O)=O)c1. The lowest BCUT2D eigenvalue weighted by Gasteiger charge is -2.07. The molecule has 0 aromatic heterocycles. The molecule has 0 saturated carbocycles. The zero-order valence-corrected chi connectivity index (χ0v) is 11.0. The van der Waals surface area contributed by atoms with Gasteiger partial charge in [-0.1, -0.05) is 12.1 Å². The van der Waals surface area contributed by atoms with Crippen molar-refractivity contribution in [1.29, 1.82) is 0 Å². The Morgan fingerprint density at radius 1 is 1.35 bits per heavy atom. The van der Waals surface area contributed by atoms with Crippen molar-refractivity contribution in [3.05, 3.63) is 29.8 Å². The number of benzene rings is 1. The van der Waals surface area contributed by atoms with Gasteiger partial charge in [0, 0.05) is 11.8 Å².